The highest BCUT2D eigenvalue weighted by atomic mass is 79.9. The Balaban J connectivity index is 2.16. The predicted octanol–water partition coefficient (Wildman–Crippen LogP) is 0.771. The summed E-state index contributed by atoms with van der Waals surface area (Å²) in [6, 6.07) is 0. The molecule has 0 atom stereocenters. The van der Waals surface area contributed by atoms with Crippen LogP contribution < -0.4 is 0 Å². The molecule has 0 bridgehead atoms. The van der Waals surface area contributed by atoms with Gasteiger partial charge in [-0.3, -0.25) is 0 Å². The van der Waals surface area contributed by atoms with Gasteiger partial charge < -0.3 is 14.2 Å². The molecule has 10 heavy (non-hydrogen) atoms. The maximum Gasteiger partial charge on any atom is 0.167 e. The number of ether oxygens (including phenoxy) is 3. The second-order valence-electron chi connectivity index (χ2n) is 1.94. The van der Waals surface area contributed by atoms with E-state index in [9.17, 15) is 0 Å². The first-order valence-electron chi connectivity index (χ1n) is 3.30. The SMILES string of the molecule is BrCC1OCCOCCO1. The van der Waals surface area contributed by atoms with Gasteiger partial charge in [0.1, 0.15) is 0 Å². The van der Waals surface area contributed by atoms with E-state index in [1.165, 1.54) is 0 Å². The third-order valence-electron chi connectivity index (χ3n) is 1.19. The second-order valence-corrected chi connectivity index (χ2v) is 2.59. The third-order valence-corrected chi connectivity index (χ3v) is 1.72. The molecule has 1 rings (SSSR count). The van der Waals surface area contributed by atoms with E-state index >= 15 is 0 Å². The van der Waals surface area contributed by atoms with Gasteiger partial charge in [-0.1, -0.05) is 15.9 Å². The van der Waals surface area contributed by atoms with Gasteiger partial charge in [-0.25, -0.2) is 0 Å². The average molecular weight is 211 g/mol. The van der Waals surface area contributed by atoms with Gasteiger partial charge in [0, 0.05) is 0 Å². The molecule has 0 aromatic heterocycles. The van der Waals surface area contributed by atoms with Crippen LogP contribution in [0.25, 0.3) is 0 Å². The maximum atomic E-state index is 5.24. The Morgan fingerprint density at radius 1 is 1.10 bits per heavy atom. The highest BCUT2D eigenvalue weighted by molar-refractivity contribution is 9.09. The molecule has 0 N–H and O–H groups in total. The van der Waals surface area contributed by atoms with Crippen LogP contribution in [0.3, 0.4) is 0 Å². The summed E-state index contributed by atoms with van der Waals surface area (Å²) in [5, 5.41) is 0.729. The van der Waals surface area contributed by atoms with Crippen LogP contribution in [0.1, 0.15) is 0 Å². The minimum Gasteiger partial charge on any atom is -0.377 e. The normalized spacial score (nSPS) is 23.7. The number of halogens is 1. The molecule has 4 heteroatoms. The summed E-state index contributed by atoms with van der Waals surface area (Å²) in [4.78, 5) is 0. The van der Waals surface area contributed by atoms with Gasteiger partial charge in [-0.15, -0.1) is 0 Å². The third kappa shape index (κ3) is 2.96. The Morgan fingerprint density at radius 3 is 2.20 bits per heavy atom. The minimum absolute atomic E-state index is 0.0936. The molecule has 1 aliphatic rings. The second kappa shape index (κ2) is 5.07. The Kier molecular flexibility index (Phi) is 4.29. The highest BCUT2D eigenvalue weighted by Gasteiger charge is 2.08. The predicted molar refractivity (Wildman–Crippen MR) is 40.3 cm³/mol. The first-order chi connectivity index (χ1) is 4.93. The molecule has 0 amide bonds. The van der Waals surface area contributed by atoms with Crippen molar-refractivity contribution in [1.29, 1.82) is 0 Å². The lowest BCUT2D eigenvalue weighted by atomic mass is 10.6. The number of rotatable bonds is 1. The molecule has 0 spiro atoms. The van der Waals surface area contributed by atoms with Gasteiger partial charge in [0.25, 0.3) is 0 Å². The van der Waals surface area contributed by atoms with Gasteiger partial charge in [0.05, 0.1) is 31.8 Å². The summed E-state index contributed by atoms with van der Waals surface area (Å²) in [6.45, 7) is 2.59. The van der Waals surface area contributed by atoms with Gasteiger partial charge in [-0.2, -0.15) is 0 Å². The van der Waals surface area contributed by atoms with E-state index in [0.29, 0.717) is 26.4 Å². The van der Waals surface area contributed by atoms with Crippen molar-refractivity contribution in [3.05, 3.63) is 0 Å². The Morgan fingerprint density at radius 2 is 1.70 bits per heavy atom. The summed E-state index contributed by atoms with van der Waals surface area (Å²) >= 11 is 3.28. The first kappa shape index (κ1) is 8.46. The van der Waals surface area contributed by atoms with Crippen molar-refractivity contribution in [3.8, 4) is 0 Å². The molecule has 0 aliphatic carbocycles. The fourth-order valence-electron chi connectivity index (χ4n) is 0.716. The zero-order chi connectivity index (χ0) is 7.23. The van der Waals surface area contributed by atoms with Gasteiger partial charge in [0.2, 0.25) is 0 Å². The quantitative estimate of drug-likeness (QED) is 0.599. The lowest BCUT2D eigenvalue weighted by Gasteiger charge is -2.19. The van der Waals surface area contributed by atoms with Crippen molar-refractivity contribution in [2.75, 3.05) is 31.8 Å². The van der Waals surface area contributed by atoms with E-state index in [4.69, 9.17) is 14.2 Å². The zero-order valence-corrected chi connectivity index (χ0v) is 7.30. The van der Waals surface area contributed by atoms with Crippen molar-refractivity contribution < 1.29 is 14.2 Å². The smallest absolute Gasteiger partial charge is 0.167 e. The Hall–Kier alpha value is 0.360. The maximum absolute atomic E-state index is 5.24. The Bertz CT molecular complexity index is 81.1. The van der Waals surface area contributed by atoms with E-state index in [1.807, 2.05) is 0 Å². The van der Waals surface area contributed by atoms with Crippen LogP contribution >= 0.6 is 15.9 Å². The van der Waals surface area contributed by atoms with E-state index < -0.39 is 0 Å². The molecule has 0 aromatic rings. The van der Waals surface area contributed by atoms with E-state index in [1.54, 1.807) is 0 Å². The zero-order valence-electron chi connectivity index (χ0n) is 5.72. The largest absolute Gasteiger partial charge is 0.377 e. The first-order valence-corrected chi connectivity index (χ1v) is 4.42. The summed E-state index contributed by atoms with van der Waals surface area (Å²) in [7, 11) is 0. The molecule has 1 heterocycles. The monoisotopic (exact) mass is 210 g/mol. The lowest BCUT2D eigenvalue weighted by Crippen LogP contribution is -2.26. The lowest BCUT2D eigenvalue weighted by molar-refractivity contribution is -0.164. The molecule has 3 nitrogen and oxygen atoms in total. The molecule has 0 saturated carbocycles. The van der Waals surface area contributed by atoms with Crippen LogP contribution in [0, 0.1) is 0 Å². The molecule has 1 aliphatic heterocycles. The van der Waals surface area contributed by atoms with E-state index in [2.05, 4.69) is 15.9 Å². The van der Waals surface area contributed by atoms with Crippen LogP contribution in [0.2, 0.25) is 0 Å². The number of alkyl halides is 1. The number of hydrogen-bond acceptors (Lipinski definition) is 3. The van der Waals surface area contributed by atoms with Crippen molar-refractivity contribution in [2.45, 2.75) is 6.29 Å². The summed E-state index contributed by atoms with van der Waals surface area (Å²) < 4.78 is 15.6. The Labute approximate surface area is 68.8 Å². The summed E-state index contributed by atoms with van der Waals surface area (Å²) in [5.74, 6) is 0. The molecule has 0 radical (unpaired) electrons. The summed E-state index contributed by atoms with van der Waals surface area (Å²) in [6.07, 6.45) is -0.0936. The van der Waals surface area contributed by atoms with Crippen LogP contribution in [0.4, 0.5) is 0 Å². The molecule has 0 aromatic carbocycles. The molecular formula is C6H11BrO3. The molecular weight excluding hydrogens is 200 g/mol. The van der Waals surface area contributed by atoms with Crippen molar-refractivity contribution >= 4 is 15.9 Å². The summed E-state index contributed by atoms with van der Waals surface area (Å²) in [5.41, 5.74) is 0. The topological polar surface area (TPSA) is 27.7 Å². The van der Waals surface area contributed by atoms with Crippen molar-refractivity contribution in [1.82, 2.24) is 0 Å². The molecule has 1 fully saturated rings. The van der Waals surface area contributed by atoms with Crippen molar-refractivity contribution in [3.63, 3.8) is 0 Å². The van der Waals surface area contributed by atoms with Gasteiger partial charge in [-0.05, 0) is 0 Å². The van der Waals surface area contributed by atoms with E-state index in [0.717, 1.165) is 5.33 Å². The number of hydrogen-bond donors (Lipinski definition) is 0. The van der Waals surface area contributed by atoms with Gasteiger partial charge >= 0.3 is 0 Å². The fourth-order valence-corrected chi connectivity index (χ4v) is 1.09. The minimum atomic E-state index is -0.0936. The highest BCUT2D eigenvalue weighted by Crippen LogP contribution is 2.01. The molecule has 0 unspecified atom stereocenters. The molecule has 60 valence electrons. The van der Waals surface area contributed by atoms with E-state index in [-0.39, 0.29) is 6.29 Å². The fraction of sp³-hybridized carbons (Fsp3) is 1.00. The van der Waals surface area contributed by atoms with Crippen LogP contribution in [-0.4, -0.2) is 38.0 Å². The molecule has 1 saturated heterocycles. The van der Waals surface area contributed by atoms with Crippen LogP contribution in [-0.2, 0) is 14.2 Å². The van der Waals surface area contributed by atoms with Crippen LogP contribution in [0.5, 0.6) is 0 Å². The average Bonchev–Trinajstić information content (AvgIpc) is 1.87. The van der Waals surface area contributed by atoms with Gasteiger partial charge in [0.15, 0.2) is 6.29 Å². The standard InChI is InChI=1S/C6H11BrO3/c7-5-6-9-3-1-8-2-4-10-6/h6H,1-5H2. The van der Waals surface area contributed by atoms with Crippen molar-refractivity contribution in [2.24, 2.45) is 0 Å². The van der Waals surface area contributed by atoms with Crippen LogP contribution in [0.15, 0.2) is 0 Å².